The molecule has 14 heavy (non-hydrogen) atoms. The van der Waals surface area contributed by atoms with Gasteiger partial charge in [0.15, 0.2) is 4.77 Å². The molecule has 0 amide bonds. The highest BCUT2D eigenvalue weighted by Gasteiger charge is 2.28. The summed E-state index contributed by atoms with van der Waals surface area (Å²) < 4.78 is 2.89. The average molecular weight is 211 g/mol. The molecule has 78 valence electrons. The summed E-state index contributed by atoms with van der Waals surface area (Å²) in [7, 11) is 0. The third-order valence-electron chi connectivity index (χ3n) is 3.30. The summed E-state index contributed by atoms with van der Waals surface area (Å²) in [4.78, 5) is 0. The molecule has 0 bridgehead atoms. The minimum absolute atomic E-state index is 0.614. The number of rotatable bonds is 2. The maximum atomic E-state index is 5.19. The molecule has 2 unspecified atom stereocenters. The van der Waals surface area contributed by atoms with Crippen molar-refractivity contribution in [3.05, 3.63) is 10.6 Å². The summed E-state index contributed by atoms with van der Waals surface area (Å²) in [5.74, 6) is 2.54. The van der Waals surface area contributed by atoms with Crippen LogP contribution in [0.3, 0.4) is 0 Å². The van der Waals surface area contributed by atoms with Crippen LogP contribution in [0, 0.1) is 10.7 Å². The fourth-order valence-electron chi connectivity index (χ4n) is 2.45. The first-order valence-corrected chi connectivity index (χ1v) is 5.80. The zero-order valence-electron chi connectivity index (χ0n) is 8.79. The molecule has 0 aromatic carbocycles. The number of aromatic nitrogens is 3. The van der Waals surface area contributed by atoms with E-state index in [-0.39, 0.29) is 0 Å². The lowest BCUT2D eigenvalue weighted by molar-refractivity contribution is 0.485. The van der Waals surface area contributed by atoms with Crippen LogP contribution < -0.4 is 0 Å². The van der Waals surface area contributed by atoms with Gasteiger partial charge in [-0.3, -0.25) is 5.10 Å². The highest BCUT2D eigenvalue weighted by atomic mass is 32.1. The van der Waals surface area contributed by atoms with E-state index in [1.807, 2.05) is 0 Å². The van der Waals surface area contributed by atoms with E-state index in [2.05, 4.69) is 28.6 Å². The van der Waals surface area contributed by atoms with Gasteiger partial charge in [0, 0.05) is 12.5 Å². The molecule has 0 saturated heterocycles. The second-order valence-corrected chi connectivity index (χ2v) is 4.53. The molecular weight excluding hydrogens is 194 g/mol. The molecule has 0 spiro atoms. The second-order valence-electron chi connectivity index (χ2n) is 4.15. The van der Waals surface area contributed by atoms with Gasteiger partial charge >= 0.3 is 0 Å². The van der Waals surface area contributed by atoms with E-state index in [9.17, 15) is 0 Å². The summed E-state index contributed by atoms with van der Waals surface area (Å²) in [5.41, 5.74) is 0. The van der Waals surface area contributed by atoms with E-state index >= 15 is 0 Å². The molecular formula is C10H17N3S. The Balaban J connectivity index is 2.35. The highest BCUT2D eigenvalue weighted by Crippen LogP contribution is 2.38. The third kappa shape index (κ3) is 1.52. The van der Waals surface area contributed by atoms with E-state index in [0.29, 0.717) is 5.92 Å². The fourth-order valence-corrected chi connectivity index (χ4v) is 2.72. The molecule has 3 nitrogen and oxygen atoms in total. The quantitative estimate of drug-likeness (QED) is 0.763. The van der Waals surface area contributed by atoms with Crippen LogP contribution >= 0.6 is 12.2 Å². The average Bonchev–Trinajstić information content (AvgIpc) is 2.71. The summed E-state index contributed by atoms with van der Waals surface area (Å²) in [6.07, 6.45) is 3.92. The Morgan fingerprint density at radius 1 is 1.57 bits per heavy atom. The number of nitrogens with one attached hydrogen (secondary N) is 1. The molecule has 1 saturated carbocycles. The van der Waals surface area contributed by atoms with Gasteiger partial charge in [-0.25, -0.2) is 0 Å². The van der Waals surface area contributed by atoms with E-state index in [4.69, 9.17) is 12.2 Å². The zero-order chi connectivity index (χ0) is 10.1. The van der Waals surface area contributed by atoms with E-state index in [1.54, 1.807) is 0 Å². The first-order chi connectivity index (χ1) is 6.74. The summed E-state index contributed by atoms with van der Waals surface area (Å²) in [6.45, 7) is 5.36. The predicted octanol–water partition coefficient (Wildman–Crippen LogP) is 2.86. The lowest BCUT2D eigenvalue weighted by Gasteiger charge is -2.14. The maximum Gasteiger partial charge on any atom is 0.195 e. The summed E-state index contributed by atoms with van der Waals surface area (Å²) >= 11 is 5.19. The largest absolute Gasteiger partial charge is 0.304 e. The van der Waals surface area contributed by atoms with Crippen molar-refractivity contribution >= 4 is 12.2 Å². The van der Waals surface area contributed by atoms with Crippen molar-refractivity contribution in [3.8, 4) is 0 Å². The van der Waals surface area contributed by atoms with Gasteiger partial charge in [0.1, 0.15) is 5.82 Å². The van der Waals surface area contributed by atoms with Crippen molar-refractivity contribution in [1.82, 2.24) is 14.8 Å². The van der Waals surface area contributed by atoms with Crippen molar-refractivity contribution in [3.63, 3.8) is 0 Å². The molecule has 0 aliphatic heterocycles. The SMILES string of the molecule is CCn1c(C2CCCC2C)n[nH]c1=S. The second kappa shape index (κ2) is 3.85. The van der Waals surface area contributed by atoms with Gasteiger partial charge in [-0.05, 0) is 37.9 Å². The minimum atomic E-state index is 0.614. The monoisotopic (exact) mass is 211 g/mol. The number of hydrogen-bond acceptors (Lipinski definition) is 2. The van der Waals surface area contributed by atoms with Gasteiger partial charge in [-0.15, -0.1) is 0 Å². The van der Waals surface area contributed by atoms with E-state index in [1.165, 1.54) is 25.1 Å². The summed E-state index contributed by atoms with van der Waals surface area (Å²) in [6, 6.07) is 0. The van der Waals surface area contributed by atoms with Crippen molar-refractivity contribution in [2.45, 2.75) is 45.6 Å². The fraction of sp³-hybridized carbons (Fsp3) is 0.800. The normalized spacial score (nSPS) is 27.0. The van der Waals surface area contributed by atoms with Gasteiger partial charge in [0.25, 0.3) is 0 Å². The van der Waals surface area contributed by atoms with Crippen molar-refractivity contribution < 1.29 is 0 Å². The molecule has 1 aromatic heterocycles. The van der Waals surface area contributed by atoms with Crippen LogP contribution in [0.2, 0.25) is 0 Å². The predicted molar refractivity (Wildman–Crippen MR) is 58.8 cm³/mol. The molecule has 1 aliphatic carbocycles. The highest BCUT2D eigenvalue weighted by molar-refractivity contribution is 7.71. The Kier molecular flexibility index (Phi) is 2.72. The van der Waals surface area contributed by atoms with Crippen LogP contribution in [0.5, 0.6) is 0 Å². The Hall–Kier alpha value is -0.640. The van der Waals surface area contributed by atoms with Crippen LogP contribution in [0.15, 0.2) is 0 Å². The standard InChI is InChI=1S/C10H17N3S/c1-3-13-9(11-12-10(13)14)8-6-4-5-7(8)2/h7-8H,3-6H2,1-2H3,(H,12,14). The molecule has 2 atom stereocenters. The van der Waals surface area contributed by atoms with Crippen LogP contribution in [0.4, 0.5) is 0 Å². The molecule has 1 fully saturated rings. The van der Waals surface area contributed by atoms with Gasteiger partial charge in [0.2, 0.25) is 0 Å². The minimum Gasteiger partial charge on any atom is -0.304 e. The first kappa shape index (κ1) is 9.90. The third-order valence-corrected chi connectivity index (χ3v) is 3.61. The molecule has 0 radical (unpaired) electrons. The molecule has 2 rings (SSSR count). The van der Waals surface area contributed by atoms with Crippen LogP contribution in [-0.4, -0.2) is 14.8 Å². The Bertz CT molecular complexity index is 366. The lowest BCUT2D eigenvalue weighted by atomic mass is 9.97. The number of H-pyrrole nitrogens is 1. The zero-order valence-corrected chi connectivity index (χ0v) is 9.60. The van der Waals surface area contributed by atoms with E-state index in [0.717, 1.165) is 17.2 Å². The van der Waals surface area contributed by atoms with Crippen molar-refractivity contribution in [2.24, 2.45) is 5.92 Å². The van der Waals surface area contributed by atoms with Gasteiger partial charge in [0.05, 0.1) is 0 Å². The number of aromatic amines is 1. The van der Waals surface area contributed by atoms with Crippen molar-refractivity contribution in [2.75, 3.05) is 0 Å². The van der Waals surface area contributed by atoms with Gasteiger partial charge in [-0.1, -0.05) is 13.3 Å². The van der Waals surface area contributed by atoms with Crippen LogP contribution in [0.25, 0.3) is 0 Å². The Morgan fingerprint density at radius 2 is 2.36 bits per heavy atom. The molecule has 1 heterocycles. The van der Waals surface area contributed by atoms with E-state index < -0.39 is 0 Å². The lowest BCUT2D eigenvalue weighted by Crippen LogP contribution is -2.10. The molecule has 1 aromatic rings. The van der Waals surface area contributed by atoms with Crippen LogP contribution in [0.1, 0.15) is 44.9 Å². The molecule has 1 N–H and O–H groups in total. The summed E-state index contributed by atoms with van der Waals surface area (Å²) in [5, 5.41) is 7.27. The number of hydrogen-bond donors (Lipinski definition) is 1. The first-order valence-electron chi connectivity index (χ1n) is 5.39. The topological polar surface area (TPSA) is 33.6 Å². The Labute approximate surface area is 89.5 Å². The van der Waals surface area contributed by atoms with Crippen molar-refractivity contribution in [1.29, 1.82) is 0 Å². The van der Waals surface area contributed by atoms with Gasteiger partial charge in [-0.2, -0.15) is 5.10 Å². The van der Waals surface area contributed by atoms with Gasteiger partial charge < -0.3 is 4.57 Å². The number of nitrogens with zero attached hydrogens (tertiary/aromatic N) is 2. The smallest absolute Gasteiger partial charge is 0.195 e. The molecule has 1 aliphatic rings. The Morgan fingerprint density at radius 3 is 2.93 bits per heavy atom. The molecule has 4 heteroatoms. The maximum absolute atomic E-state index is 5.19. The van der Waals surface area contributed by atoms with Crippen LogP contribution in [-0.2, 0) is 6.54 Å².